The van der Waals surface area contributed by atoms with Crippen LogP contribution in [-0.2, 0) is 37.2 Å². The summed E-state index contributed by atoms with van der Waals surface area (Å²) in [5.41, 5.74) is 2.00. The van der Waals surface area contributed by atoms with Gasteiger partial charge in [0, 0.05) is 25.0 Å². The van der Waals surface area contributed by atoms with E-state index in [1.165, 1.54) is 10.4 Å². The number of nitrogens with zero attached hydrogens (tertiary/aromatic N) is 2. The topological polar surface area (TPSA) is 152 Å². The molecule has 3 N–H and O–H groups in total. The molecular weight excluding hydrogens is 612 g/mol. The van der Waals surface area contributed by atoms with Crippen LogP contribution in [0.2, 0.25) is 0 Å². The van der Waals surface area contributed by atoms with Crippen LogP contribution in [0.5, 0.6) is 0 Å². The Bertz CT molecular complexity index is 1530. The Morgan fingerprint density at radius 1 is 1.15 bits per heavy atom. The predicted octanol–water partition coefficient (Wildman–Crippen LogP) is 3.82. The molecule has 46 heavy (non-hydrogen) atoms. The molecule has 3 heterocycles. The number of unbranched alkanes of at least 4 members (excludes halogenated alkanes) is 1. The van der Waals surface area contributed by atoms with Crippen molar-refractivity contribution in [3.63, 3.8) is 0 Å². The van der Waals surface area contributed by atoms with Crippen molar-refractivity contribution < 1.29 is 37.1 Å². The van der Waals surface area contributed by atoms with Crippen LogP contribution < -0.4 is 10.6 Å². The molecule has 1 aromatic heterocycles. The smallest absolute Gasteiger partial charge is 0.407 e. The largest absolute Gasteiger partial charge is 0.443 e. The zero-order chi connectivity index (χ0) is 32.7. The van der Waals surface area contributed by atoms with Gasteiger partial charge in [0.2, 0.25) is 10.0 Å². The highest BCUT2D eigenvalue weighted by Crippen LogP contribution is 2.33. The molecule has 12 nitrogen and oxygen atoms in total. The second kappa shape index (κ2) is 15.7. The number of benzene rings is 2. The van der Waals surface area contributed by atoms with E-state index in [-0.39, 0.29) is 49.1 Å². The van der Waals surface area contributed by atoms with E-state index in [9.17, 15) is 18.3 Å². The van der Waals surface area contributed by atoms with Gasteiger partial charge in [-0.2, -0.15) is 4.31 Å². The van der Waals surface area contributed by atoms with Gasteiger partial charge in [-0.25, -0.2) is 13.2 Å². The summed E-state index contributed by atoms with van der Waals surface area (Å²) in [6.45, 7) is 7.93. The summed E-state index contributed by atoms with van der Waals surface area (Å²) >= 11 is 0. The zero-order valence-corrected chi connectivity index (χ0v) is 27.6. The fraction of sp³-hybridized carbons (Fsp3) is 0.576. The molecule has 2 aliphatic heterocycles. The molecule has 2 aliphatic rings. The van der Waals surface area contributed by atoms with Gasteiger partial charge in [0.05, 0.1) is 36.2 Å². The summed E-state index contributed by atoms with van der Waals surface area (Å²) in [5, 5.41) is 22.5. The highest BCUT2D eigenvalue weighted by Gasteiger charge is 2.44. The molecule has 0 bridgehead atoms. The highest BCUT2D eigenvalue weighted by atomic mass is 32.2. The third-order valence-corrected chi connectivity index (χ3v) is 10.3. The maximum absolute atomic E-state index is 14.1. The molecular formula is C33H46N4O8S. The van der Waals surface area contributed by atoms with Crippen molar-refractivity contribution in [2.75, 3.05) is 32.8 Å². The van der Waals surface area contributed by atoms with E-state index in [4.69, 9.17) is 18.7 Å². The predicted molar refractivity (Wildman–Crippen MR) is 171 cm³/mol. The lowest BCUT2D eigenvalue weighted by Crippen LogP contribution is -2.51. The van der Waals surface area contributed by atoms with E-state index < -0.39 is 34.4 Å². The molecule has 2 fully saturated rings. The van der Waals surface area contributed by atoms with Crippen molar-refractivity contribution in [1.29, 1.82) is 0 Å². The summed E-state index contributed by atoms with van der Waals surface area (Å²) in [6.07, 6.45) is 0.301. The Morgan fingerprint density at radius 2 is 1.96 bits per heavy atom. The van der Waals surface area contributed by atoms with E-state index >= 15 is 0 Å². The minimum absolute atomic E-state index is 0.0333. The number of nitrogens with one attached hydrogen (secondary N) is 2. The van der Waals surface area contributed by atoms with Crippen molar-refractivity contribution in [3.05, 3.63) is 59.8 Å². The molecule has 2 aromatic carbocycles. The molecule has 13 heteroatoms. The van der Waals surface area contributed by atoms with Gasteiger partial charge in [0.15, 0.2) is 11.9 Å². The Balaban J connectivity index is 1.34. The molecule has 252 valence electrons. The Kier molecular flexibility index (Phi) is 11.7. The molecule has 0 unspecified atom stereocenters. The number of aliphatic hydroxyl groups is 1. The van der Waals surface area contributed by atoms with Gasteiger partial charge in [-0.15, -0.1) is 0 Å². The van der Waals surface area contributed by atoms with Gasteiger partial charge in [0.25, 0.3) is 0 Å². The van der Waals surface area contributed by atoms with E-state index in [1.54, 1.807) is 12.1 Å². The Hall–Kier alpha value is -3.07. The van der Waals surface area contributed by atoms with Gasteiger partial charge >= 0.3 is 6.09 Å². The van der Waals surface area contributed by atoms with E-state index in [0.717, 1.165) is 31.4 Å². The van der Waals surface area contributed by atoms with Crippen LogP contribution in [0.1, 0.15) is 51.3 Å². The summed E-state index contributed by atoms with van der Waals surface area (Å²) < 4.78 is 51.8. The number of fused-ring (bicyclic) bond motifs is 2. The first-order valence-corrected chi connectivity index (χ1v) is 17.6. The van der Waals surface area contributed by atoms with E-state index in [1.807, 2.05) is 44.2 Å². The lowest BCUT2D eigenvalue weighted by atomic mass is 10.0. The molecule has 2 saturated heterocycles. The monoisotopic (exact) mass is 658 g/mol. The number of aliphatic hydroxyl groups excluding tert-OH is 1. The van der Waals surface area contributed by atoms with Gasteiger partial charge in [-0.1, -0.05) is 62.7 Å². The van der Waals surface area contributed by atoms with Crippen LogP contribution in [0, 0.1) is 11.8 Å². The highest BCUT2D eigenvalue weighted by molar-refractivity contribution is 7.89. The maximum Gasteiger partial charge on any atom is 0.407 e. The minimum Gasteiger partial charge on any atom is -0.443 e. The van der Waals surface area contributed by atoms with Crippen LogP contribution in [0.3, 0.4) is 0 Å². The van der Waals surface area contributed by atoms with Gasteiger partial charge in [-0.3, -0.25) is 0 Å². The van der Waals surface area contributed by atoms with Crippen molar-refractivity contribution >= 4 is 27.1 Å². The third-order valence-electron chi connectivity index (χ3n) is 8.42. The van der Waals surface area contributed by atoms with Crippen molar-refractivity contribution in [1.82, 2.24) is 20.1 Å². The summed E-state index contributed by atoms with van der Waals surface area (Å²) in [6, 6.07) is 13.3. The standard InChI is InChI=1S/C33H46N4O8S/c1-4-5-14-34-18-28-26-17-24(11-12-30(26)45-36-28)46(40,41)37(19-22(2)3)20-29(38)27(16-23-9-7-6-8-10-23)35-33(39)44-31-21-43-32-25(31)13-15-42-32/h6-12,17,22,25,27,29,31-32,34,38H,4-5,13-16,18-21H2,1-3H3,(H,35,39)/t25-,27-,29+,31-,32+/m0/s1. The first-order chi connectivity index (χ1) is 22.2. The number of aromatic nitrogens is 1. The second-order valence-electron chi connectivity index (χ2n) is 12.5. The maximum atomic E-state index is 14.1. The fourth-order valence-electron chi connectivity index (χ4n) is 5.95. The number of carbonyl (C=O) groups excluding carboxylic acids is 1. The first kappa shape index (κ1) is 34.3. The molecule has 0 spiro atoms. The van der Waals surface area contributed by atoms with Crippen molar-refractivity contribution in [2.24, 2.45) is 11.8 Å². The third kappa shape index (κ3) is 8.44. The number of carbonyl (C=O) groups is 1. The molecule has 0 radical (unpaired) electrons. The number of rotatable bonds is 16. The summed E-state index contributed by atoms with van der Waals surface area (Å²) in [4.78, 5) is 13.2. The molecule has 5 rings (SSSR count). The number of alkyl carbamates (subject to hydrolysis) is 1. The Labute approximate surface area is 270 Å². The SMILES string of the molecule is CCCCNCc1noc2ccc(S(=O)(=O)N(CC(C)C)C[C@@H](O)[C@H](Cc3ccccc3)NC(=O)O[C@H]3CO[C@H]4OCC[C@H]43)cc12. The zero-order valence-electron chi connectivity index (χ0n) is 26.8. The van der Waals surface area contributed by atoms with Crippen molar-refractivity contribution in [2.45, 2.75) is 82.4 Å². The van der Waals surface area contributed by atoms with Crippen LogP contribution in [-0.4, -0.2) is 86.5 Å². The average molecular weight is 659 g/mol. The van der Waals surface area contributed by atoms with Crippen LogP contribution >= 0.6 is 0 Å². The molecule has 5 atom stereocenters. The molecule has 3 aromatic rings. The average Bonchev–Trinajstić information content (AvgIpc) is 3.76. The lowest BCUT2D eigenvalue weighted by molar-refractivity contribution is -0.0907. The van der Waals surface area contributed by atoms with E-state index in [2.05, 4.69) is 22.7 Å². The quantitative estimate of drug-likeness (QED) is 0.194. The molecule has 1 amide bonds. The van der Waals surface area contributed by atoms with Gasteiger partial charge in [-0.05, 0) is 55.5 Å². The lowest BCUT2D eigenvalue weighted by Gasteiger charge is -2.31. The van der Waals surface area contributed by atoms with Crippen LogP contribution in [0.4, 0.5) is 4.79 Å². The number of hydrogen-bond donors (Lipinski definition) is 3. The Morgan fingerprint density at radius 3 is 2.72 bits per heavy atom. The van der Waals surface area contributed by atoms with Gasteiger partial charge in [0.1, 0.15) is 11.8 Å². The first-order valence-electron chi connectivity index (χ1n) is 16.2. The van der Waals surface area contributed by atoms with Crippen LogP contribution in [0.15, 0.2) is 57.9 Å². The number of amides is 1. The number of sulfonamides is 1. The van der Waals surface area contributed by atoms with Gasteiger partial charge < -0.3 is 34.5 Å². The molecule has 0 aliphatic carbocycles. The molecule has 0 saturated carbocycles. The second-order valence-corrected chi connectivity index (χ2v) is 14.4. The normalized spacial score (nSPS) is 21.1. The fourth-order valence-corrected chi connectivity index (χ4v) is 7.60. The minimum atomic E-state index is -4.06. The number of ether oxygens (including phenoxy) is 3. The van der Waals surface area contributed by atoms with Crippen molar-refractivity contribution in [3.8, 4) is 0 Å². The number of hydrogen-bond acceptors (Lipinski definition) is 10. The summed E-state index contributed by atoms with van der Waals surface area (Å²) in [7, 11) is -4.06. The van der Waals surface area contributed by atoms with Crippen LogP contribution in [0.25, 0.3) is 11.0 Å². The summed E-state index contributed by atoms with van der Waals surface area (Å²) in [5.74, 6) is -0.0700. The van der Waals surface area contributed by atoms with E-state index in [0.29, 0.717) is 29.8 Å².